The van der Waals surface area contributed by atoms with Crippen LogP contribution in [0.4, 0.5) is 0 Å². The third kappa shape index (κ3) is 3.85. The van der Waals surface area contributed by atoms with Crippen molar-refractivity contribution >= 4 is 23.6 Å². The SMILES string of the molecule is COc1cc(OC)cc(C(=O)N2CCSCC2CC(=O)O)c1. The average Bonchev–Trinajstić information content (AvgIpc) is 2.53. The summed E-state index contributed by atoms with van der Waals surface area (Å²) in [6, 6.07) is 4.69. The number of carboxylic acid groups (broad SMARTS) is 1. The van der Waals surface area contributed by atoms with Gasteiger partial charge in [0.2, 0.25) is 0 Å². The lowest BCUT2D eigenvalue weighted by atomic mass is 10.1. The lowest BCUT2D eigenvalue weighted by molar-refractivity contribution is -0.138. The van der Waals surface area contributed by atoms with Crippen LogP contribution in [0.1, 0.15) is 16.8 Å². The van der Waals surface area contributed by atoms with Crippen molar-refractivity contribution in [2.75, 3.05) is 32.3 Å². The molecule has 0 aromatic heterocycles. The Morgan fingerprint density at radius 3 is 2.45 bits per heavy atom. The molecule has 1 fully saturated rings. The molecule has 1 aliphatic rings. The predicted octanol–water partition coefficient (Wildman–Crippen LogP) is 1.74. The molecule has 1 heterocycles. The second-order valence-electron chi connectivity index (χ2n) is 4.93. The monoisotopic (exact) mass is 325 g/mol. The Morgan fingerprint density at radius 1 is 1.27 bits per heavy atom. The molecule has 1 N–H and O–H groups in total. The van der Waals surface area contributed by atoms with Gasteiger partial charge >= 0.3 is 5.97 Å². The van der Waals surface area contributed by atoms with E-state index in [1.54, 1.807) is 34.9 Å². The molecular formula is C15H19NO5S. The molecule has 2 rings (SSSR count). The van der Waals surface area contributed by atoms with E-state index in [1.165, 1.54) is 14.2 Å². The first kappa shape index (κ1) is 16.5. The molecule has 7 heteroatoms. The van der Waals surface area contributed by atoms with E-state index >= 15 is 0 Å². The summed E-state index contributed by atoms with van der Waals surface area (Å²) in [5, 5.41) is 9.01. The molecular weight excluding hydrogens is 306 g/mol. The summed E-state index contributed by atoms with van der Waals surface area (Å²) in [5.41, 5.74) is 0.443. The number of nitrogens with zero attached hydrogens (tertiary/aromatic N) is 1. The number of hydrogen-bond donors (Lipinski definition) is 1. The first-order chi connectivity index (χ1) is 10.5. The number of carbonyl (C=O) groups is 2. The molecule has 1 aromatic carbocycles. The average molecular weight is 325 g/mol. The van der Waals surface area contributed by atoms with Gasteiger partial charge < -0.3 is 19.5 Å². The zero-order valence-corrected chi connectivity index (χ0v) is 13.4. The van der Waals surface area contributed by atoms with Gasteiger partial charge in [-0.1, -0.05) is 0 Å². The smallest absolute Gasteiger partial charge is 0.305 e. The summed E-state index contributed by atoms with van der Waals surface area (Å²) >= 11 is 1.67. The Balaban J connectivity index is 2.26. The topological polar surface area (TPSA) is 76.1 Å². The maximum Gasteiger partial charge on any atom is 0.305 e. The fourth-order valence-corrected chi connectivity index (χ4v) is 3.45. The zero-order chi connectivity index (χ0) is 16.1. The largest absolute Gasteiger partial charge is 0.497 e. The predicted molar refractivity (Wildman–Crippen MR) is 83.9 cm³/mol. The van der Waals surface area contributed by atoms with Gasteiger partial charge in [-0.3, -0.25) is 9.59 Å². The highest BCUT2D eigenvalue weighted by Gasteiger charge is 2.30. The van der Waals surface area contributed by atoms with Gasteiger partial charge in [0.25, 0.3) is 5.91 Å². The standard InChI is InChI=1S/C15H19NO5S/c1-20-12-5-10(6-13(8-12)21-2)15(19)16-3-4-22-9-11(16)7-14(17)18/h5-6,8,11H,3-4,7,9H2,1-2H3,(H,17,18). The highest BCUT2D eigenvalue weighted by Crippen LogP contribution is 2.26. The van der Waals surface area contributed by atoms with Crippen molar-refractivity contribution < 1.29 is 24.2 Å². The molecule has 1 aliphatic heterocycles. The van der Waals surface area contributed by atoms with Crippen molar-refractivity contribution in [3.63, 3.8) is 0 Å². The number of thioether (sulfide) groups is 1. The third-order valence-corrected chi connectivity index (χ3v) is 4.59. The van der Waals surface area contributed by atoms with Gasteiger partial charge in [0, 0.05) is 29.7 Å². The molecule has 120 valence electrons. The Bertz CT molecular complexity index is 541. The van der Waals surface area contributed by atoms with Crippen molar-refractivity contribution in [2.45, 2.75) is 12.5 Å². The van der Waals surface area contributed by atoms with Crippen LogP contribution in [-0.4, -0.2) is 60.2 Å². The van der Waals surface area contributed by atoms with E-state index in [4.69, 9.17) is 14.6 Å². The van der Waals surface area contributed by atoms with E-state index in [9.17, 15) is 9.59 Å². The van der Waals surface area contributed by atoms with E-state index in [0.29, 0.717) is 29.4 Å². The van der Waals surface area contributed by atoms with Crippen LogP contribution in [0.2, 0.25) is 0 Å². The molecule has 0 saturated carbocycles. The maximum atomic E-state index is 12.7. The summed E-state index contributed by atoms with van der Waals surface area (Å²) < 4.78 is 10.4. The van der Waals surface area contributed by atoms with Gasteiger partial charge in [-0.25, -0.2) is 0 Å². The molecule has 1 saturated heterocycles. The molecule has 1 unspecified atom stereocenters. The number of methoxy groups -OCH3 is 2. The zero-order valence-electron chi connectivity index (χ0n) is 12.6. The van der Waals surface area contributed by atoms with Crippen LogP contribution in [0.25, 0.3) is 0 Å². The first-order valence-corrected chi connectivity index (χ1v) is 8.04. The quantitative estimate of drug-likeness (QED) is 0.888. The van der Waals surface area contributed by atoms with Gasteiger partial charge in [-0.2, -0.15) is 11.8 Å². The van der Waals surface area contributed by atoms with Gasteiger partial charge in [0.1, 0.15) is 11.5 Å². The molecule has 22 heavy (non-hydrogen) atoms. The minimum absolute atomic E-state index is 0.0418. The van der Waals surface area contributed by atoms with Crippen molar-refractivity contribution in [3.8, 4) is 11.5 Å². The fourth-order valence-electron chi connectivity index (χ4n) is 2.39. The number of benzene rings is 1. The molecule has 0 spiro atoms. The minimum Gasteiger partial charge on any atom is -0.497 e. The molecule has 0 radical (unpaired) electrons. The highest BCUT2D eigenvalue weighted by atomic mass is 32.2. The van der Waals surface area contributed by atoms with Crippen LogP contribution < -0.4 is 9.47 Å². The van der Waals surface area contributed by atoms with E-state index < -0.39 is 5.97 Å². The summed E-state index contributed by atoms with van der Waals surface area (Å²) in [6.07, 6.45) is -0.0418. The van der Waals surface area contributed by atoms with Gasteiger partial charge in [0.15, 0.2) is 0 Å². The number of ether oxygens (including phenoxy) is 2. The number of hydrogen-bond acceptors (Lipinski definition) is 5. The van der Waals surface area contributed by atoms with Gasteiger partial charge in [0.05, 0.1) is 26.7 Å². The van der Waals surface area contributed by atoms with Crippen molar-refractivity contribution in [1.29, 1.82) is 0 Å². The number of carbonyl (C=O) groups excluding carboxylic acids is 1. The molecule has 1 atom stereocenters. The van der Waals surface area contributed by atoms with Crippen LogP contribution in [0.3, 0.4) is 0 Å². The second-order valence-corrected chi connectivity index (χ2v) is 6.08. The Hall–Kier alpha value is -1.89. The van der Waals surface area contributed by atoms with E-state index in [0.717, 1.165) is 5.75 Å². The van der Waals surface area contributed by atoms with Crippen LogP contribution >= 0.6 is 11.8 Å². The molecule has 6 nitrogen and oxygen atoms in total. The number of carboxylic acids is 1. The van der Waals surface area contributed by atoms with E-state index in [1.807, 2.05) is 0 Å². The minimum atomic E-state index is -0.895. The van der Waals surface area contributed by atoms with Crippen molar-refractivity contribution in [1.82, 2.24) is 4.90 Å². The van der Waals surface area contributed by atoms with Crippen LogP contribution in [0.15, 0.2) is 18.2 Å². The lowest BCUT2D eigenvalue weighted by Crippen LogP contribution is -2.47. The molecule has 0 aliphatic carbocycles. The number of rotatable bonds is 5. The maximum absolute atomic E-state index is 12.7. The normalized spacial score (nSPS) is 17.9. The van der Waals surface area contributed by atoms with Crippen LogP contribution in [0, 0.1) is 0 Å². The van der Waals surface area contributed by atoms with Crippen LogP contribution in [0.5, 0.6) is 11.5 Å². The van der Waals surface area contributed by atoms with E-state index in [-0.39, 0.29) is 18.4 Å². The fraction of sp³-hybridized carbons (Fsp3) is 0.467. The third-order valence-electron chi connectivity index (χ3n) is 3.50. The van der Waals surface area contributed by atoms with Crippen molar-refractivity contribution in [3.05, 3.63) is 23.8 Å². The molecule has 1 amide bonds. The molecule has 0 bridgehead atoms. The summed E-state index contributed by atoms with van der Waals surface area (Å²) in [4.78, 5) is 25.4. The highest BCUT2D eigenvalue weighted by molar-refractivity contribution is 7.99. The summed E-state index contributed by atoms with van der Waals surface area (Å²) in [7, 11) is 3.04. The number of amides is 1. The van der Waals surface area contributed by atoms with Gasteiger partial charge in [-0.15, -0.1) is 0 Å². The number of aliphatic carboxylic acids is 1. The van der Waals surface area contributed by atoms with E-state index in [2.05, 4.69) is 0 Å². The Kier molecular flexibility index (Phi) is 5.54. The first-order valence-electron chi connectivity index (χ1n) is 6.88. The van der Waals surface area contributed by atoms with Crippen LogP contribution in [-0.2, 0) is 4.79 Å². The Morgan fingerprint density at radius 2 is 1.91 bits per heavy atom. The van der Waals surface area contributed by atoms with Crippen molar-refractivity contribution in [2.24, 2.45) is 0 Å². The second kappa shape index (κ2) is 7.40. The summed E-state index contributed by atoms with van der Waals surface area (Å²) in [6.45, 7) is 0.543. The lowest BCUT2D eigenvalue weighted by Gasteiger charge is -2.34. The van der Waals surface area contributed by atoms with Gasteiger partial charge in [-0.05, 0) is 12.1 Å². The Labute approximate surface area is 133 Å². The summed E-state index contributed by atoms with van der Waals surface area (Å²) in [5.74, 6) is 1.42. The molecule has 1 aromatic rings.